The van der Waals surface area contributed by atoms with Crippen molar-refractivity contribution in [3.63, 3.8) is 0 Å². The van der Waals surface area contributed by atoms with Crippen molar-refractivity contribution in [2.45, 2.75) is 51.2 Å². The number of hydrogen-bond acceptors (Lipinski definition) is 4. The molecule has 2 saturated heterocycles. The van der Waals surface area contributed by atoms with E-state index >= 15 is 0 Å². The van der Waals surface area contributed by atoms with E-state index in [-0.39, 0.29) is 17.4 Å². The summed E-state index contributed by atoms with van der Waals surface area (Å²) in [5, 5.41) is 13.6. The highest BCUT2D eigenvalue weighted by Gasteiger charge is 2.51. The Morgan fingerprint density at radius 1 is 1.29 bits per heavy atom. The number of amides is 1. The summed E-state index contributed by atoms with van der Waals surface area (Å²) in [6.45, 7) is 7.85. The van der Waals surface area contributed by atoms with Crippen LogP contribution in [-0.4, -0.2) is 72.2 Å². The highest BCUT2D eigenvalue weighted by atomic mass is 16.3. The van der Waals surface area contributed by atoms with Gasteiger partial charge in [-0.1, -0.05) is 0 Å². The number of piperazine rings is 1. The number of nitrogens with one attached hydrogen (secondary N) is 1. The summed E-state index contributed by atoms with van der Waals surface area (Å²) >= 11 is 0. The zero-order valence-electron chi connectivity index (χ0n) is 13.2. The van der Waals surface area contributed by atoms with Gasteiger partial charge >= 0.3 is 0 Å². The van der Waals surface area contributed by atoms with Gasteiger partial charge in [0, 0.05) is 45.2 Å². The van der Waals surface area contributed by atoms with Crippen molar-refractivity contribution in [1.82, 2.24) is 15.1 Å². The van der Waals surface area contributed by atoms with E-state index in [0.717, 1.165) is 58.4 Å². The molecule has 5 heteroatoms. The van der Waals surface area contributed by atoms with Crippen molar-refractivity contribution >= 4 is 5.91 Å². The molecule has 1 saturated carbocycles. The molecule has 2 heterocycles. The fourth-order valence-corrected chi connectivity index (χ4v) is 3.82. The Morgan fingerprint density at radius 2 is 2.10 bits per heavy atom. The molecule has 1 spiro atoms. The first kappa shape index (κ1) is 15.3. The molecule has 1 aliphatic carbocycles. The molecule has 0 unspecified atom stereocenters. The lowest BCUT2D eigenvalue weighted by atomic mass is 9.90. The number of carbonyl (C=O) groups is 1. The second-order valence-electron chi connectivity index (χ2n) is 7.23. The Hall–Kier alpha value is -0.650. The number of hydrogen-bond donors (Lipinski definition) is 2. The van der Waals surface area contributed by atoms with Crippen molar-refractivity contribution < 1.29 is 9.90 Å². The minimum Gasteiger partial charge on any atom is -0.391 e. The Balaban J connectivity index is 1.36. The molecule has 0 radical (unpaired) electrons. The molecule has 3 fully saturated rings. The first-order chi connectivity index (χ1) is 10.1. The topological polar surface area (TPSA) is 55.8 Å². The lowest BCUT2D eigenvalue weighted by molar-refractivity contribution is -0.136. The van der Waals surface area contributed by atoms with Crippen LogP contribution in [0.15, 0.2) is 0 Å². The maximum Gasteiger partial charge on any atom is 0.222 e. The average Bonchev–Trinajstić information content (AvgIpc) is 3.23. The number of β-amino-alcohol motifs (C(OH)–C–C–N with tert-alkyl or cyclic N) is 1. The number of aliphatic hydroxyl groups excluding tert-OH is 1. The summed E-state index contributed by atoms with van der Waals surface area (Å²) in [5.74, 6) is 0.229. The van der Waals surface area contributed by atoms with Gasteiger partial charge in [0.25, 0.3) is 0 Å². The third-order valence-corrected chi connectivity index (χ3v) is 5.54. The molecule has 120 valence electrons. The Bertz CT molecular complexity index is 384. The Labute approximate surface area is 127 Å². The van der Waals surface area contributed by atoms with Crippen LogP contribution >= 0.6 is 0 Å². The average molecular weight is 295 g/mol. The third-order valence-electron chi connectivity index (χ3n) is 5.54. The lowest BCUT2D eigenvalue weighted by Gasteiger charge is -2.36. The minimum absolute atomic E-state index is 0.188. The van der Waals surface area contributed by atoms with E-state index in [1.807, 2.05) is 4.90 Å². The summed E-state index contributed by atoms with van der Waals surface area (Å²) in [6.07, 6.45) is 4.56. The molecule has 1 amide bonds. The summed E-state index contributed by atoms with van der Waals surface area (Å²) in [5.41, 5.74) is 0.188. The summed E-state index contributed by atoms with van der Waals surface area (Å²) in [6, 6.07) is 0.557. The molecule has 2 atom stereocenters. The Kier molecular flexibility index (Phi) is 4.52. The van der Waals surface area contributed by atoms with Gasteiger partial charge in [0.1, 0.15) is 0 Å². The van der Waals surface area contributed by atoms with Gasteiger partial charge in [-0.15, -0.1) is 0 Å². The Morgan fingerprint density at radius 3 is 2.76 bits per heavy atom. The molecule has 0 aromatic heterocycles. The van der Waals surface area contributed by atoms with Gasteiger partial charge in [-0.25, -0.2) is 0 Å². The van der Waals surface area contributed by atoms with Gasteiger partial charge in [0.05, 0.1) is 6.10 Å². The molecule has 0 aromatic rings. The molecule has 3 aliphatic rings. The molecule has 5 nitrogen and oxygen atoms in total. The van der Waals surface area contributed by atoms with Crippen LogP contribution in [0.25, 0.3) is 0 Å². The van der Waals surface area contributed by atoms with Crippen LogP contribution < -0.4 is 5.32 Å². The molecule has 0 bridgehead atoms. The maximum atomic E-state index is 12.3. The quantitative estimate of drug-likeness (QED) is 0.790. The molecule has 2 aliphatic heterocycles. The van der Waals surface area contributed by atoms with Gasteiger partial charge in [0.2, 0.25) is 5.91 Å². The molecule has 21 heavy (non-hydrogen) atoms. The normalized spacial score (nSPS) is 32.4. The highest BCUT2D eigenvalue weighted by molar-refractivity contribution is 5.76. The fraction of sp³-hybridized carbons (Fsp3) is 0.938. The van der Waals surface area contributed by atoms with Crippen LogP contribution in [0, 0.1) is 5.41 Å². The number of rotatable bonds is 4. The number of piperidine rings is 1. The predicted octanol–water partition coefficient (Wildman–Crippen LogP) is 0.434. The first-order valence-corrected chi connectivity index (χ1v) is 8.51. The summed E-state index contributed by atoms with van der Waals surface area (Å²) in [4.78, 5) is 16.6. The highest BCUT2D eigenvalue weighted by Crippen LogP contribution is 2.53. The van der Waals surface area contributed by atoms with Gasteiger partial charge in [-0.2, -0.15) is 0 Å². The van der Waals surface area contributed by atoms with Crippen molar-refractivity contribution in [1.29, 1.82) is 0 Å². The van der Waals surface area contributed by atoms with Crippen LogP contribution in [0.4, 0.5) is 0 Å². The van der Waals surface area contributed by atoms with E-state index in [2.05, 4.69) is 17.1 Å². The largest absolute Gasteiger partial charge is 0.391 e. The molecular weight excluding hydrogens is 266 g/mol. The van der Waals surface area contributed by atoms with E-state index < -0.39 is 0 Å². The maximum absolute atomic E-state index is 12.3. The second-order valence-corrected chi connectivity index (χ2v) is 7.23. The summed E-state index contributed by atoms with van der Waals surface area (Å²) in [7, 11) is 0. The van der Waals surface area contributed by atoms with Crippen molar-refractivity contribution in [2.24, 2.45) is 5.41 Å². The number of likely N-dealkylation sites (tertiary alicyclic amines) is 1. The van der Waals surface area contributed by atoms with Crippen LogP contribution in [0.3, 0.4) is 0 Å². The van der Waals surface area contributed by atoms with Crippen molar-refractivity contribution in [3.8, 4) is 0 Å². The van der Waals surface area contributed by atoms with Gasteiger partial charge in [-0.05, 0) is 44.6 Å². The van der Waals surface area contributed by atoms with E-state index in [1.54, 1.807) is 0 Å². The third kappa shape index (κ3) is 3.58. The first-order valence-electron chi connectivity index (χ1n) is 8.51. The zero-order valence-corrected chi connectivity index (χ0v) is 13.2. The van der Waals surface area contributed by atoms with Gasteiger partial charge in [-0.3, -0.25) is 4.79 Å². The number of carbonyl (C=O) groups excluding carboxylic acids is 1. The second kappa shape index (κ2) is 6.23. The predicted molar refractivity (Wildman–Crippen MR) is 82.0 cm³/mol. The molecule has 3 rings (SSSR count). The van der Waals surface area contributed by atoms with E-state index in [1.165, 1.54) is 0 Å². The van der Waals surface area contributed by atoms with E-state index in [0.29, 0.717) is 19.0 Å². The lowest BCUT2D eigenvalue weighted by Crippen LogP contribution is -2.49. The van der Waals surface area contributed by atoms with Crippen molar-refractivity contribution in [2.75, 3.05) is 39.3 Å². The van der Waals surface area contributed by atoms with E-state index in [4.69, 9.17) is 0 Å². The summed E-state index contributed by atoms with van der Waals surface area (Å²) < 4.78 is 0. The zero-order chi connectivity index (χ0) is 14.9. The van der Waals surface area contributed by atoms with Crippen LogP contribution in [0.1, 0.15) is 39.0 Å². The van der Waals surface area contributed by atoms with E-state index in [9.17, 15) is 9.90 Å². The SMILES string of the molecule is C[C@H]1CN(CCCC(=O)N2CCC3(CC3)[C@H](O)C2)CCN1. The smallest absolute Gasteiger partial charge is 0.222 e. The van der Waals surface area contributed by atoms with Crippen molar-refractivity contribution in [3.05, 3.63) is 0 Å². The van der Waals surface area contributed by atoms with Gasteiger partial charge < -0.3 is 20.2 Å². The molecular formula is C16H29N3O2. The number of nitrogens with zero attached hydrogens (tertiary/aromatic N) is 2. The monoisotopic (exact) mass is 295 g/mol. The van der Waals surface area contributed by atoms with Gasteiger partial charge in [0.15, 0.2) is 0 Å². The number of aliphatic hydroxyl groups is 1. The van der Waals surface area contributed by atoms with Crippen LogP contribution in [0.5, 0.6) is 0 Å². The standard InChI is InChI=1S/C16H29N3O2/c1-13-11-18(10-7-17-13)8-2-3-15(21)19-9-6-16(4-5-16)14(20)12-19/h13-14,17,20H,2-12H2,1H3/t13-,14+/m0/s1. The molecule has 0 aromatic carbocycles. The molecule has 2 N–H and O–H groups in total. The van der Waals surface area contributed by atoms with Crippen LogP contribution in [-0.2, 0) is 4.79 Å². The minimum atomic E-state index is -0.288. The van der Waals surface area contributed by atoms with Crippen LogP contribution in [0.2, 0.25) is 0 Å². The fourth-order valence-electron chi connectivity index (χ4n) is 3.82.